The van der Waals surface area contributed by atoms with Gasteiger partial charge in [0.25, 0.3) is 0 Å². The van der Waals surface area contributed by atoms with Crippen molar-refractivity contribution in [3.05, 3.63) is 41.5 Å². The molecule has 0 bridgehead atoms. The molecule has 0 amide bonds. The quantitative estimate of drug-likeness (QED) is 0.485. The van der Waals surface area contributed by atoms with Gasteiger partial charge in [-0.1, -0.05) is 42.7 Å². The Labute approximate surface area is 152 Å². The summed E-state index contributed by atoms with van der Waals surface area (Å²) in [4.78, 5) is 0.321. The Morgan fingerprint density at radius 3 is 2.52 bits per heavy atom. The first-order valence-electron chi connectivity index (χ1n) is 9.34. The van der Waals surface area contributed by atoms with Crippen LogP contribution in [0.4, 0.5) is 0 Å². The van der Waals surface area contributed by atoms with Crippen molar-refractivity contribution in [2.24, 2.45) is 0 Å². The number of hydrogen-bond acceptors (Lipinski definition) is 3. The van der Waals surface area contributed by atoms with E-state index in [4.69, 9.17) is 5.11 Å². The van der Waals surface area contributed by atoms with Crippen LogP contribution in [-0.2, 0) is 10.0 Å². The largest absolute Gasteiger partial charge is 0.396 e. The minimum atomic E-state index is -3.57. The van der Waals surface area contributed by atoms with E-state index >= 15 is 0 Å². The second kappa shape index (κ2) is 8.97. The van der Waals surface area contributed by atoms with Crippen molar-refractivity contribution in [2.75, 3.05) is 6.61 Å². The highest BCUT2D eigenvalue weighted by molar-refractivity contribution is 7.89. The van der Waals surface area contributed by atoms with Gasteiger partial charge in [0, 0.05) is 6.61 Å². The van der Waals surface area contributed by atoms with Crippen molar-refractivity contribution < 1.29 is 13.5 Å². The molecule has 1 aromatic rings. The number of aliphatic hydroxyl groups is 1. The molecular formula is C20H31NO3S. The first-order valence-corrected chi connectivity index (χ1v) is 10.8. The fourth-order valence-corrected chi connectivity index (χ4v) is 5.04. The molecule has 1 aromatic carbocycles. The number of nitrogens with one attached hydrogen (secondary N) is 1. The smallest absolute Gasteiger partial charge is 0.241 e. The zero-order valence-corrected chi connectivity index (χ0v) is 16.2. The summed E-state index contributed by atoms with van der Waals surface area (Å²) < 4.78 is 29.0. The predicted molar refractivity (Wildman–Crippen MR) is 102 cm³/mol. The molecule has 1 aliphatic rings. The molecule has 140 valence electrons. The zero-order valence-electron chi connectivity index (χ0n) is 15.4. The average Bonchev–Trinajstić information content (AvgIpc) is 2.95. The molecule has 0 aromatic heterocycles. The third-order valence-electron chi connectivity index (χ3n) is 5.05. The van der Waals surface area contributed by atoms with Crippen LogP contribution in [0.15, 0.2) is 40.8 Å². The molecule has 0 spiro atoms. The molecule has 0 saturated carbocycles. The van der Waals surface area contributed by atoms with Crippen LogP contribution in [0.2, 0.25) is 0 Å². The number of rotatable bonds is 10. The topological polar surface area (TPSA) is 66.4 Å². The Hall–Kier alpha value is -1.17. The van der Waals surface area contributed by atoms with Gasteiger partial charge in [0.2, 0.25) is 10.0 Å². The fourth-order valence-electron chi connectivity index (χ4n) is 3.58. The summed E-state index contributed by atoms with van der Waals surface area (Å²) >= 11 is 0. The third kappa shape index (κ3) is 5.16. The number of benzene rings is 1. The fraction of sp³-hybridized carbons (Fsp3) is 0.600. The maximum absolute atomic E-state index is 13.0. The maximum Gasteiger partial charge on any atom is 0.241 e. The van der Waals surface area contributed by atoms with E-state index in [0.29, 0.717) is 11.3 Å². The maximum atomic E-state index is 13.0. The van der Waals surface area contributed by atoms with Gasteiger partial charge in [0.15, 0.2) is 0 Å². The molecule has 25 heavy (non-hydrogen) atoms. The minimum absolute atomic E-state index is 0.148. The van der Waals surface area contributed by atoms with Gasteiger partial charge < -0.3 is 5.11 Å². The Morgan fingerprint density at radius 1 is 1.16 bits per heavy atom. The number of aliphatic hydroxyl groups excluding tert-OH is 1. The van der Waals surface area contributed by atoms with Crippen molar-refractivity contribution in [3.8, 4) is 0 Å². The second-order valence-corrected chi connectivity index (χ2v) is 8.74. The molecular weight excluding hydrogens is 334 g/mol. The van der Waals surface area contributed by atoms with Gasteiger partial charge in [-0.15, -0.1) is 0 Å². The normalized spacial score (nSPS) is 20.7. The predicted octanol–water partition coefficient (Wildman–Crippen LogP) is 4.09. The summed E-state index contributed by atoms with van der Waals surface area (Å²) in [5.41, 5.74) is 1.78. The monoisotopic (exact) mass is 365 g/mol. The van der Waals surface area contributed by atoms with Gasteiger partial charge in [-0.3, -0.25) is 0 Å². The lowest BCUT2D eigenvalue weighted by atomic mass is 9.84. The van der Waals surface area contributed by atoms with Crippen LogP contribution >= 0.6 is 0 Å². The summed E-state index contributed by atoms with van der Waals surface area (Å²) in [6.45, 7) is 4.25. The molecule has 0 fully saturated rings. The Morgan fingerprint density at radius 2 is 1.88 bits per heavy atom. The van der Waals surface area contributed by atoms with Gasteiger partial charge in [0.05, 0.1) is 10.4 Å². The van der Waals surface area contributed by atoms with E-state index in [2.05, 4.69) is 17.7 Å². The van der Waals surface area contributed by atoms with Crippen LogP contribution in [0.1, 0.15) is 63.9 Å². The van der Waals surface area contributed by atoms with Gasteiger partial charge in [-0.25, -0.2) is 13.1 Å². The van der Waals surface area contributed by atoms with E-state index in [1.807, 2.05) is 19.1 Å². The Balaban J connectivity index is 2.26. The molecule has 2 N–H and O–H groups in total. The van der Waals surface area contributed by atoms with Crippen molar-refractivity contribution in [3.63, 3.8) is 0 Å². The van der Waals surface area contributed by atoms with Crippen molar-refractivity contribution >= 4 is 10.0 Å². The molecule has 4 nitrogen and oxygen atoms in total. The summed E-state index contributed by atoms with van der Waals surface area (Å²) in [6.07, 6.45) is 9.30. The molecule has 2 rings (SSSR count). The van der Waals surface area contributed by atoms with Crippen LogP contribution in [0.3, 0.4) is 0 Å². The molecule has 1 aliphatic carbocycles. The van der Waals surface area contributed by atoms with E-state index < -0.39 is 15.6 Å². The van der Waals surface area contributed by atoms with Crippen LogP contribution < -0.4 is 4.72 Å². The molecule has 0 aliphatic heterocycles. The lowest BCUT2D eigenvalue weighted by Crippen LogP contribution is -2.48. The highest BCUT2D eigenvalue weighted by atomic mass is 32.2. The second-order valence-electron chi connectivity index (χ2n) is 7.05. The number of hydrogen-bond donors (Lipinski definition) is 2. The number of sulfonamides is 1. The van der Waals surface area contributed by atoms with E-state index in [0.717, 1.165) is 50.5 Å². The minimum Gasteiger partial charge on any atom is -0.396 e. The zero-order chi connectivity index (χ0) is 18.3. The molecule has 0 heterocycles. The van der Waals surface area contributed by atoms with Gasteiger partial charge in [-0.2, -0.15) is 0 Å². The number of unbranched alkanes of at least 4 members (excludes halogenated alkanes) is 2. The summed E-state index contributed by atoms with van der Waals surface area (Å²) in [6, 6.07) is 7.00. The van der Waals surface area contributed by atoms with Crippen LogP contribution in [0.25, 0.3) is 0 Å². The summed E-state index contributed by atoms with van der Waals surface area (Å²) in [5.74, 6) is 0. The average molecular weight is 366 g/mol. The van der Waals surface area contributed by atoms with Crippen LogP contribution in [0, 0.1) is 6.92 Å². The number of aryl methyl sites for hydroxylation is 1. The lowest BCUT2D eigenvalue weighted by Gasteiger charge is -2.34. The number of allylic oxidation sites excluding steroid dienone is 1. The highest BCUT2D eigenvalue weighted by Gasteiger charge is 2.39. The van der Waals surface area contributed by atoms with Crippen molar-refractivity contribution in [1.29, 1.82) is 0 Å². The molecule has 0 radical (unpaired) electrons. The van der Waals surface area contributed by atoms with E-state index in [-0.39, 0.29) is 6.61 Å². The summed E-state index contributed by atoms with van der Waals surface area (Å²) in [7, 11) is -3.57. The standard InChI is InChI=1S/C20H31NO3S/c1-3-4-8-18-9-7-15-20(18,14-5-6-16-22)21-25(23,24)19-12-10-17(2)11-13-19/h9-13,21-22H,3-8,14-16H2,1-2H3. The molecule has 1 unspecified atom stereocenters. The molecule has 5 heteroatoms. The first kappa shape index (κ1) is 20.1. The van der Waals surface area contributed by atoms with E-state index in [1.54, 1.807) is 12.1 Å². The summed E-state index contributed by atoms with van der Waals surface area (Å²) in [5, 5.41) is 9.11. The van der Waals surface area contributed by atoms with Gasteiger partial charge in [-0.05, 0) is 64.0 Å². The van der Waals surface area contributed by atoms with Crippen LogP contribution in [0.5, 0.6) is 0 Å². The van der Waals surface area contributed by atoms with E-state index in [9.17, 15) is 8.42 Å². The first-order chi connectivity index (χ1) is 11.9. The molecule has 0 saturated heterocycles. The Bertz CT molecular complexity index is 679. The SMILES string of the molecule is CCCCC1=CCCC1(CCCCO)NS(=O)(=O)c1ccc(C)cc1. The van der Waals surface area contributed by atoms with Gasteiger partial charge >= 0.3 is 0 Å². The van der Waals surface area contributed by atoms with Crippen molar-refractivity contribution in [1.82, 2.24) is 4.72 Å². The van der Waals surface area contributed by atoms with Crippen molar-refractivity contribution in [2.45, 2.75) is 75.6 Å². The van der Waals surface area contributed by atoms with Gasteiger partial charge in [0.1, 0.15) is 0 Å². The lowest BCUT2D eigenvalue weighted by molar-refractivity contribution is 0.273. The highest BCUT2D eigenvalue weighted by Crippen LogP contribution is 2.39. The van der Waals surface area contributed by atoms with Crippen LogP contribution in [-0.4, -0.2) is 25.7 Å². The Kier molecular flexibility index (Phi) is 7.23. The molecule has 1 atom stereocenters. The van der Waals surface area contributed by atoms with E-state index in [1.165, 1.54) is 5.57 Å². The third-order valence-corrected chi connectivity index (χ3v) is 6.60.